The fourth-order valence-corrected chi connectivity index (χ4v) is 7.30. The van der Waals surface area contributed by atoms with Crippen molar-refractivity contribution >= 4 is 35.2 Å². The lowest BCUT2D eigenvalue weighted by Crippen LogP contribution is -2.46. The number of hydrogen-bond donors (Lipinski definition) is 3. The second kappa shape index (κ2) is 16.2. The van der Waals surface area contributed by atoms with Gasteiger partial charge in [-0.3, -0.25) is 9.59 Å². The van der Waals surface area contributed by atoms with Gasteiger partial charge in [0.2, 0.25) is 5.91 Å². The number of ether oxygens (including phenoxy) is 3. The summed E-state index contributed by atoms with van der Waals surface area (Å²) in [6.45, 7) is 2.00. The predicted octanol–water partition coefficient (Wildman–Crippen LogP) is 5.92. The number of likely N-dealkylation sites (tertiary alicyclic amines) is 1. The van der Waals surface area contributed by atoms with E-state index in [1.807, 2.05) is 66.7 Å². The second-order valence-corrected chi connectivity index (χ2v) is 14.2. The van der Waals surface area contributed by atoms with Gasteiger partial charge in [-0.05, 0) is 59.4 Å². The van der Waals surface area contributed by atoms with E-state index in [1.165, 1.54) is 0 Å². The number of alkyl carbamates (subject to hydrolysis) is 1. The number of carbonyl (C=O) groups is 3. The molecule has 3 N–H and O–H groups in total. The topological polar surface area (TPSA) is 138 Å². The van der Waals surface area contributed by atoms with E-state index in [2.05, 4.69) is 10.2 Å². The average Bonchev–Trinajstić information content (AvgIpc) is 3.46. The van der Waals surface area contributed by atoms with Crippen LogP contribution >= 0.6 is 11.6 Å². The van der Waals surface area contributed by atoms with Crippen LogP contribution in [0, 0.1) is 0 Å². The standard InChI is InChI=1S/C41H42ClN3O8/c42-32-14-12-31(13-15-32)41(50)18-20-44(21-19-41)24-34-22-36(29-8-6-27(25-46)7-9-29)53-39(52-34)30-10-16-33(17-11-30)45-37(47)23-35(38(45)48)43-40(49)51-26-28-4-2-1-3-5-28/h1-17,34-36,39,46,50H,18-26H2,(H,43,49). The maximum absolute atomic E-state index is 13.3. The molecule has 4 atom stereocenters. The fraction of sp³-hybridized carbons (Fsp3) is 0.341. The van der Waals surface area contributed by atoms with Crippen LogP contribution in [0.3, 0.4) is 0 Å². The zero-order chi connectivity index (χ0) is 37.0. The number of piperidine rings is 1. The van der Waals surface area contributed by atoms with Gasteiger partial charge in [-0.2, -0.15) is 0 Å². The average molecular weight is 740 g/mol. The minimum atomic E-state index is -1.04. The highest BCUT2D eigenvalue weighted by Crippen LogP contribution is 2.40. The van der Waals surface area contributed by atoms with Crippen molar-refractivity contribution in [3.05, 3.63) is 136 Å². The molecule has 0 aromatic heterocycles. The Labute approximate surface area is 313 Å². The van der Waals surface area contributed by atoms with Gasteiger partial charge in [0.25, 0.3) is 5.91 Å². The van der Waals surface area contributed by atoms with E-state index in [0.717, 1.165) is 27.2 Å². The van der Waals surface area contributed by atoms with Crippen LogP contribution in [-0.4, -0.2) is 64.8 Å². The minimum absolute atomic E-state index is 0.0411. The highest BCUT2D eigenvalue weighted by atomic mass is 35.5. The molecule has 4 aromatic carbocycles. The van der Waals surface area contributed by atoms with E-state index < -0.39 is 35.8 Å². The summed E-state index contributed by atoms with van der Waals surface area (Å²) in [4.78, 5) is 42.1. The van der Waals surface area contributed by atoms with Crippen LogP contribution in [-0.2, 0) is 42.6 Å². The van der Waals surface area contributed by atoms with E-state index in [0.29, 0.717) is 55.2 Å². The van der Waals surface area contributed by atoms with Gasteiger partial charge >= 0.3 is 6.09 Å². The third-order valence-corrected chi connectivity index (χ3v) is 10.5. The highest BCUT2D eigenvalue weighted by molar-refractivity contribution is 6.30. The monoisotopic (exact) mass is 739 g/mol. The van der Waals surface area contributed by atoms with Gasteiger partial charge in [0, 0.05) is 36.6 Å². The summed E-state index contributed by atoms with van der Waals surface area (Å²) in [7, 11) is 0. The Morgan fingerprint density at radius 1 is 0.868 bits per heavy atom. The molecule has 276 valence electrons. The van der Waals surface area contributed by atoms with Crippen molar-refractivity contribution in [3.63, 3.8) is 0 Å². The first-order chi connectivity index (χ1) is 25.7. The molecule has 11 nitrogen and oxygen atoms in total. The largest absolute Gasteiger partial charge is 0.445 e. The van der Waals surface area contributed by atoms with Crippen molar-refractivity contribution < 1.29 is 38.8 Å². The lowest BCUT2D eigenvalue weighted by Gasteiger charge is -2.42. The number of halogens is 1. The summed E-state index contributed by atoms with van der Waals surface area (Å²) in [6.07, 6.45) is -0.431. The Balaban J connectivity index is 1.01. The van der Waals surface area contributed by atoms with Crippen molar-refractivity contribution in [1.82, 2.24) is 10.2 Å². The molecule has 0 bridgehead atoms. The number of aliphatic hydroxyl groups is 2. The number of benzene rings is 4. The van der Waals surface area contributed by atoms with E-state index >= 15 is 0 Å². The molecule has 3 heterocycles. The molecule has 0 radical (unpaired) electrons. The third-order valence-electron chi connectivity index (χ3n) is 10.2. The first kappa shape index (κ1) is 36.7. The quantitative estimate of drug-likeness (QED) is 0.169. The fourth-order valence-electron chi connectivity index (χ4n) is 7.18. The van der Waals surface area contributed by atoms with Crippen LogP contribution in [0.25, 0.3) is 0 Å². The van der Waals surface area contributed by atoms with Crippen molar-refractivity contribution in [2.24, 2.45) is 0 Å². The Morgan fingerprint density at radius 2 is 1.55 bits per heavy atom. The number of imide groups is 1. The van der Waals surface area contributed by atoms with Crippen LogP contribution in [0.15, 0.2) is 103 Å². The van der Waals surface area contributed by atoms with Crippen molar-refractivity contribution in [2.45, 2.75) is 69.0 Å². The molecule has 3 amide bonds. The summed E-state index contributed by atoms with van der Waals surface area (Å²) in [5.41, 5.74) is 3.60. The van der Waals surface area contributed by atoms with E-state index in [1.54, 1.807) is 36.4 Å². The van der Waals surface area contributed by atoms with Gasteiger partial charge in [0.15, 0.2) is 6.29 Å². The molecule has 0 spiro atoms. The van der Waals surface area contributed by atoms with Gasteiger partial charge in [0.05, 0.1) is 36.5 Å². The number of nitrogens with one attached hydrogen (secondary N) is 1. The molecule has 3 aliphatic rings. The Kier molecular flexibility index (Phi) is 11.2. The van der Waals surface area contributed by atoms with Crippen LogP contribution in [0.2, 0.25) is 5.02 Å². The molecule has 4 unspecified atom stereocenters. The highest BCUT2D eigenvalue weighted by Gasteiger charge is 2.41. The summed E-state index contributed by atoms with van der Waals surface area (Å²) in [5.74, 6) is -0.974. The molecule has 53 heavy (non-hydrogen) atoms. The number of anilines is 1. The number of nitrogens with zero attached hydrogens (tertiary/aromatic N) is 2. The number of amides is 3. The Bertz CT molecular complexity index is 1880. The van der Waals surface area contributed by atoms with Gasteiger partial charge in [-0.1, -0.05) is 90.5 Å². The smallest absolute Gasteiger partial charge is 0.408 e. The minimum Gasteiger partial charge on any atom is -0.445 e. The predicted molar refractivity (Wildman–Crippen MR) is 197 cm³/mol. The van der Waals surface area contributed by atoms with E-state index in [9.17, 15) is 24.6 Å². The van der Waals surface area contributed by atoms with Crippen molar-refractivity contribution in [3.8, 4) is 0 Å². The third kappa shape index (κ3) is 8.62. The van der Waals surface area contributed by atoms with Gasteiger partial charge < -0.3 is 34.6 Å². The molecular weight excluding hydrogens is 698 g/mol. The molecule has 3 saturated heterocycles. The Morgan fingerprint density at radius 3 is 2.23 bits per heavy atom. The maximum atomic E-state index is 13.3. The van der Waals surface area contributed by atoms with Crippen LogP contribution in [0.5, 0.6) is 0 Å². The van der Waals surface area contributed by atoms with Gasteiger partial charge in [-0.15, -0.1) is 0 Å². The molecule has 0 saturated carbocycles. The zero-order valence-corrected chi connectivity index (χ0v) is 29.9. The zero-order valence-electron chi connectivity index (χ0n) is 29.1. The molecule has 7 rings (SSSR count). The number of carbonyl (C=O) groups excluding carboxylic acids is 3. The van der Waals surface area contributed by atoms with Crippen molar-refractivity contribution in [2.75, 3.05) is 24.5 Å². The van der Waals surface area contributed by atoms with Gasteiger partial charge in [0.1, 0.15) is 12.6 Å². The molecule has 12 heteroatoms. The van der Waals surface area contributed by atoms with Gasteiger partial charge in [-0.25, -0.2) is 9.69 Å². The summed E-state index contributed by atoms with van der Waals surface area (Å²) >= 11 is 6.08. The molecular formula is C41H42ClN3O8. The first-order valence-electron chi connectivity index (χ1n) is 17.8. The van der Waals surface area contributed by atoms with Crippen LogP contribution in [0.4, 0.5) is 10.5 Å². The summed E-state index contributed by atoms with van der Waals surface area (Å²) in [6, 6.07) is 30.1. The van der Waals surface area contributed by atoms with Crippen molar-refractivity contribution in [1.29, 1.82) is 0 Å². The van der Waals surface area contributed by atoms with E-state index in [-0.39, 0.29) is 31.8 Å². The second-order valence-electron chi connectivity index (χ2n) is 13.8. The number of rotatable bonds is 10. The molecule has 3 aliphatic heterocycles. The Hall–Kier alpha value is -4.62. The molecule has 0 aliphatic carbocycles. The molecule has 3 fully saturated rings. The normalized spacial score (nSPS) is 23.2. The van der Waals surface area contributed by atoms with E-state index in [4.69, 9.17) is 25.8 Å². The lowest BCUT2D eigenvalue weighted by molar-refractivity contribution is -0.253. The lowest BCUT2D eigenvalue weighted by atomic mass is 9.84. The number of aliphatic hydroxyl groups excluding tert-OH is 1. The van der Waals surface area contributed by atoms with Crippen LogP contribution < -0.4 is 10.2 Å². The first-order valence-corrected chi connectivity index (χ1v) is 18.2. The molecule has 4 aromatic rings. The maximum Gasteiger partial charge on any atom is 0.408 e. The van der Waals surface area contributed by atoms with Crippen LogP contribution in [0.1, 0.15) is 65.9 Å². The SMILES string of the molecule is O=C(NC1CC(=O)N(c2ccc(C3OC(CN4CCC(O)(c5ccc(Cl)cc5)CC4)CC(c4ccc(CO)cc4)O3)cc2)C1=O)OCc1ccccc1. The number of hydrogen-bond acceptors (Lipinski definition) is 9. The summed E-state index contributed by atoms with van der Waals surface area (Å²) in [5, 5.41) is 24.2. The summed E-state index contributed by atoms with van der Waals surface area (Å²) < 4.78 is 18.3.